The Morgan fingerprint density at radius 1 is 0.417 bits per heavy atom. The van der Waals surface area contributed by atoms with Crippen molar-refractivity contribution in [2.75, 3.05) is 0 Å². The molecule has 0 amide bonds. The maximum atomic E-state index is 13.4. The third kappa shape index (κ3) is 4.08. The van der Waals surface area contributed by atoms with E-state index >= 15 is 0 Å². The van der Waals surface area contributed by atoms with Gasteiger partial charge in [-0.3, -0.25) is 0 Å². The van der Waals surface area contributed by atoms with Crippen molar-refractivity contribution in [3.05, 3.63) is 133 Å². The predicted molar refractivity (Wildman–Crippen MR) is 145 cm³/mol. The molecule has 0 atom stereocenters. The second kappa shape index (κ2) is 9.40. The lowest BCUT2D eigenvalue weighted by Gasteiger charge is -2.16. The van der Waals surface area contributed by atoms with Gasteiger partial charge in [-0.2, -0.15) is 0 Å². The van der Waals surface area contributed by atoms with E-state index in [1.807, 2.05) is 133 Å². The minimum Gasteiger partial charge on any atom is -0.393 e. The molecular formula is C33H22O3. The summed E-state index contributed by atoms with van der Waals surface area (Å²) in [5, 5.41) is 3.65. The summed E-state index contributed by atoms with van der Waals surface area (Å²) < 4.78 is 12.0. The smallest absolute Gasteiger partial charge is 0.393 e. The van der Waals surface area contributed by atoms with Crippen molar-refractivity contribution in [1.29, 1.82) is 0 Å². The monoisotopic (exact) mass is 466 g/mol. The summed E-state index contributed by atoms with van der Waals surface area (Å²) in [6, 6.07) is 43.6. The number of hydrogen-bond donors (Lipinski definition) is 0. The van der Waals surface area contributed by atoms with Crippen LogP contribution in [0, 0.1) is 0 Å². The van der Waals surface area contributed by atoms with E-state index in [2.05, 4.69) is 0 Å². The summed E-state index contributed by atoms with van der Waals surface area (Å²) >= 11 is 0. The van der Waals surface area contributed by atoms with Gasteiger partial charge < -0.3 is 9.47 Å². The van der Waals surface area contributed by atoms with Gasteiger partial charge in [-0.25, -0.2) is 4.79 Å². The fourth-order valence-corrected chi connectivity index (χ4v) is 4.58. The normalized spacial score (nSPS) is 10.9. The van der Waals surface area contributed by atoms with Gasteiger partial charge in [-0.05, 0) is 34.0 Å². The quantitative estimate of drug-likeness (QED) is 0.192. The molecule has 6 aromatic rings. The molecule has 0 aliphatic carbocycles. The number of fused-ring (bicyclic) bond motifs is 2. The third-order valence-corrected chi connectivity index (χ3v) is 6.30. The lowest BCUT2D eigenvalue weighted by molar-refractivity contribution is 0.153. The summed E-state index contributed by atoms with van der Waals surface area (Å²) in [4.78, 5) is 13.4. The van der Waals surface area contributed by atoms with Crippen LogP contribution in [0.1, 0.15) is 0 Å². The highest BCUT2D eigenvalue weighted by Gasteiger charge is 2.19. The molecule has 0 aromatic heterocycles. The van der Waals surface area contributed by atoms with E-state index in [-0.39, 0.29) is 0 Å². The van der Waals surface area contributed by atoms with E-state index in [1.54, 1.807) is 0 Å². The minimum absolute atomic E-state index is 0.478. The summed E-state index contributed by atoms with van der Waals surface area (Å²) in [6.45, 7) is 0. The van der Waals surface area contributed by atoms with Crippen LogP contribution in [-0.4, -0.2) is 6.16 Å². The first kappa shape index (κ1) is 21.6. The van der Waals surface area contributed by atoms with Crippen LogP contribution in [0.15, 0.2) is 133 Å². The van der Waals surface area contributed by atoms with Crippen molar-refractivity contribution >= 4 is 27.7 Å². The maximum Gasteiger partial charge on any atom is 0.519 e. The molecule has 0 saturated carbocycles. The summed E-state index contributed by atoms with van der Waals surface area (Å²) in [5.74, 6) is 0.955. The van der Waals surface area contributed by atoms with Gasteiger partial charge in [-0.1, -0.05) is 121 Å². The topological polar surface area (TPSA) is 35.5 Å². The number of rotatable bonds is 4. The molecule has 0 aliphatic rings. The second-order valence-electron chi connectivity index (χ2n) is 8.51. The molecule has 0 N–H and O–H groups in total. The van der Waals surface area contributed by atoms with E-state index in [0.29, 0.717) is 11.5 Å². The largest absolute Gasteiger partial charge is 0.519 e. The summed E-state index contributed by atoms with van der Waals surface area (Å²) in [7, 11) is 0. The van der Waals surface area contributed by atoms with Gasteiger partial charge in [0.05, 0.1) is 0 Å². The Morgan fingerprint density at radius 2 is 0.806 bits per heavy atom. The zero-order valence-electron chi connectivity index (χ0n) is 19.4. The molecule has 0 fully saturated rings. The van der Waals surface area contributed by atoms with Gasteiger partial charge in [0.1, 0.15) is 11.5 Å². The van der Waals surface area contributed by atoms with Crippen LogP contribution in [0.2, 0.25) is 0 Å². The Kier molecular flexibility index (Phi) is 5.65. The van der Waals surface area contributed by atoms with Crippen LogP contribution < -0.4 is 9.47 Å². The molecule has 0 radical (unpaired) electrons. The van der Waals surface area contributed by atoms with Gasteiger partial charge >= 0.3 is 6.16 Å². The maximum absolute atomic E-state index is 13.4. The average Bonchev–Trinajstić information content (AvgIpc) is 2.94. The molecule has 172 valence electrons. The Bertz CT molecular complexity index is 1560. The standard InChI is InChI=1S/C33H22O3/c34-33(35-31-27-17-9-7-15-25(27)19-21-29(31)23-11-3-1-4-12-23)36-32-28-18-10-8-16-26(28)20-22-30(32)24-13-5-2-6-14-24/h1-22H. The van der Waals surface area contributed by atoms with Crippen molar-refractivity contribution in [3.8, 4) is 33.8 Å². The molecule has 6 aromatic carbocycles. The predicted octanol–water partition coefficient (Wildman–Crippen LogP) is 8.90. The van der Waals surface area contributed by atoms with Crippen molar-refractivity contribution in [1.82, 2.24) is 0 Å². The number of ether oxygens (including phenoxy) is 2. The summed E-state index contributed by atoms with van der Waals surface area (Å²) in [6.07, 6.45) is -0.780. The molecule has 3 heteroatoms. The fourth-order valence-electron chi connectivity index (χ4n) is 4.58. The van der Waals surface area contributed by atoms with E-state index < -0.39 is 6.16 Å². The van der Waals surface area contributed by atoms with Crippen LogP contribution in [0.5, 0.6) is 11.5 Å². The van der Waals surface area contributed by atoms with Crippen molar-refractivity contribution in [2.45, 2.75) is 0 Å². The summed E-state index contributed by atoms with van der Waals surface area (Å²) in [5.41, 5.74) is 3.57. The number of carbonyl (C=O) groups excluding carboxylic acids is 1. The molecule has 0 saturated heterocycles. The van der Waals surface area contributed by atoms with E-state index in [9.17, 15) is 4.79 Å². The van der Waals surface area contributed by atoms with Gasteiger partial charge in [0.25, 0.3) is 0 Å². The molecule has 3 nitrogen and oxygen atoms in total. The number of carbonyl (C=O) groups is 1. The first-order valence-corrected chi connectivity index (χ1v) is 11.8. The van der Waals surface area contributed by atoms with Crippen LogP contribution >= 0.6 is 0 Å². The molecule has 0 spiro atoms. The van der Waals surface area contributed by atoms with Crippen LogP contribution in [0.25, 0.3) is 43.8 Å². The fraction of sp³-hybridized carbons (Fsp3) is 0. The minimum atomic E-state index is -0.780. The Morgan fingerprint density at radius 3 is 1.25 bits per heavy atom. The first-order valence-electron chi connectivity index (χ1n) is 11.8. The van der Waals surface area contributed by atoms with Gasteiger partial charge in [-0.15, -0.1) is 0 Å². The molecule has 0 aliphatic heterocycles. The first-order chi connectivity index (χ1) is 17.8. The van der Waals surface area contributed by atoms with E-state index in [0.717, 1.165) is 43.8 Å². The zero-order chi connectivity index (χ0) is 24.3. The SMILES string of the molecule is O=C(Oc1c(-c2ccccc2)ccc2ccccc12)Oc1c(-c2ccccc2)ccc2ccccc12. The van der Waals surface area contributed by atoms with Crippen molar-refractivity contribution in [3.63, 3.8) is 0 Å². The van der Waals surface area contributed by atoms with Gasteiger partial charge in [0, 0.05) is 21.9 Å². The lowest BCUT2D eigenvalue weighted by atomic mass is 9.99. The number of benzene rings is 6. The van der Waals surface area contributed by atoms with Gasteiger partial charge in [0.15, 0.2) is 0 Å². The average molecular weight is 467 g/mol. The van der Waals surface area contributed by atoms with Crippen LogP contribution in [-0.2, 0) is 0 Å². The Balaban J connectivity index is 1.44. The molecule has 0 heterocycles. The lowest BCUT2D eigenvalue weighted by Crippen LogP contribution is -2.15. The van der Waals surface area contributed by atoms with E-state index in [4.69, 9.17) is 9.47 Å². The Labute approximate surface area is 209 Å². The number of hydrogen-bond acceptors (Lipinski definition) is 3. The zero-order valence-corrected chi connectivity index (χ0v) is 19.4. The Hall–Kier alpha value is -4.89. The van der Waals surface area contributed by atoms with Crippen molar-refractivity contribution < 1.29 is 14.3 Å². The molecule has 36 heavy (non-hydrogen) atoms. The molecule has 0 bridgehead atoms. The highest BCUT2D eigenvalue weighted by molar-refractivity contribution is 5.99. The van der Waals surface area contributed by atoms with Crippen LogP contribution in [0.4, 0.5) is 4.79 Å². The highest BCUT2D eigenvalue weighted by Crippen LogP contribution is 2.39. The van der Waals surface area contributed by atoms with E-state index in [1.165, 1.54) is 0 Å². The molecule has 0 unspecified atom stereocenters. The van der Waals surface area contributed by atoms with Crippen molar-refractivity contribution in [2.24, 2.45) is 0 Å². The molecule has 6 rings (SSSR count). The second-order valence-corrected chi connectivity index (χ2v) is 8.51. The third-order valence-electron chi connectivity index (χ3n) is 6.30. The highest BCUT2D eigenvalue weighted by atomic mass is 16.7. The molecular weight excluding hydrogens is 444 g/mol. The van der Waals surface area contributed by atoms with Crippen LogP contribution in [0.3, 0.4) is 0 Å². The van der Waals surface area contributed by atoms with Gasteiger partial charge in [0.2, 0.25) is 0 Å².